The van der Waals surface area contributed by atoms with Crippen molar-refractivity contribution in [2.45, 2.75) is 18.9 Å². The summed E-state index contributed by atoms with van der Waals surface area (Å²) in [6.45, 7) is 1.72. The number of aliphatic carboxylic acids is 1. The summed E-state index contributed by atoms with van der Waals surface area (Å²) < 4.78 is 0. The third-order valence-electron chi connectivity index (χ3n) is 2.23. The fourth-order valence-corrected chi connectivity index (χ4v) is 1.36. The minimum Gasteiger partial charge on any atom is -0.481 e. The summed E-state index contributed by atoms with van der Waals surface area (Å²) in [5.74, 6) is -1.44. The average molecular weight is 205 g/mol. The Morgan fingerprint density at radius 1 is 1.47 bits per heavy atom. The molecule has 78 valence electrons. The van der Waals surface area contributed by atoms with Crippen molar-refractivity contribution in [2.75, 3.05) is 0 Å². The second kappa shape index (κ2) is 5.02. The molecule has 1 aromatic carbocycles. The predicted molar refractivity (Wildman–Crippen MR) is 55.4 cm³/mol. The highest BCUT2D eigenvalue weighted by atomic mass is 16.4. The highest BCUT2D eigenvalue weighted by molar-refractivity contribution is 5.75. The van der Waals surface area contributed by atoms with Gasteiger partial charge in [0.25, 0.3) is 0 Å². The Labute approximate surface area is 87.0 Å². The normalized spacial score (nSPS) is 13.7. The number of hydrogen-bond acceptors (Lipinski definition) is 2. The number of carboxylic acids is 1. The molecule has 0 aliphatic rings. The van der Waals surface area contributed by atoms with Crippen molar-refractivity contribution in [2.24, 2.45) is 5.11 Å². The molecule has 0 aliphatic heterocycles. The van der Waals surface area contributed by atoms with Crippen molar-refractivity contribution in [3.8, 4) is 0 Å². The third-order valence-corrected chi connectivity index (χ3v) is 2.23. The van der Waals surface area contributed by atoms with Crippen molar-refractivity contribution < 1.29 is 9.90 Å². The van der Waals surface area contributed by atoms with Gasteiger partial charge in [-0.2, -0.15) is 0 Å². The van der Waals surface area contributed by atoms with E-state index in [1.54, 1.807) is 6.92 Å². The quantitative estimate of drug-likeness (QED) is 0.465. The fraction of sp³-hybridized carbons (Fsp3) is 0.300. The standard InChI is InChI=1S/C10H11N3O2/c1-7(8-5-3-2-4-6-8)9(10(14)15)12-13-11/h2-7,9H,1H3,(H,14,15)/t7-,9-/m1/s1. The molecule has 0 aromatic heterocycles. The van der Waals surface area contributed by atoms with Crippen LogP contribution in [-0.4, -0.2) is 17.1 Å². The van der Waals surface area contributed by atoms with Crippen LogP contribution in [0.15, 0.2) is 35.4 Å². The molecular formula is C10H11N3O2. The van der Waals surface area contributed by atoms with Crippen molar-refractivity contribution >= 4 is 5.97 Å². The highest BCUT2D eigenvalue weighted by Gasteiger charge is 2.24. The molecule has 0 saturated carbocycles. The van der Waals surface area contributed by atoms with E-state index < -0.39 is 12.0 Å². The zero-order valence-corrected chi connectivity index (χ0v) is 8.24. The molecule has 0 amide bonds. The van der Waals surface area contributed by atoms with Gasteiger partial charge in [0, 0.05) is 10.8 Å². The molecule has 0 radical (unpaired) electrons. The Balaban J connectivity index is 2.95. The first-order valence-electron chi connectivity index (χ1n) is 4.48. The zero-order valence-electron chi connectivity index (χ0n) is 8.24. The first kappa shape index (κ1) is 11.1. The lowest BCUT2D eigenvalue weighted by molar-refractivity contribution is -0.138. The Hall–Kier alpha value is -2.00. The molecule has 1 aromatic rings. The van der Waals surface area contributed by atoms with Gasteiger partial charge in [-0.1, -0.05) is 42.4 Å². The van der Waals surface area contributed by atoms with Crippen LogP contribution >= 0.6 is 0 Å². The molecule has 0 saturated heterocycles. The molecule has 0 spiro atoms. The molecule has 0 unspecified atom stereocenters. The topological polar surface area (TPSA) is 86.1 Å². The van der Waals surface area contributed by atoms with Gasteiger partial charge in [-0.15, -0.1) is 0 Å². The van der Waals surface area contributed by atoms with Gasteiger partial charge in [-0.3, -0.25) is 4.79 Å². The summed E-state index contributed by atoms with van der Waals surface area (Å²) in [4.78, 5) is 13.4. The maximum atomic E-state index is 10.8. The van der Waals surface area contributed by atoms with E-state index in [9.17, 15) is 4.79 Å². The minimum atomic E-state index is -1.11. The zero-order chi connectivity index (χ0) is 11.3. The fourth-order valence-electron chi connectivity index (χ4n) is 1.36. The number of rotatable bonds is 4. The number of benzene rings is 1. The van der Waals surface area contributed by atoms with Crippen LogP contribution in [0.3, 0.4) is 0 Å². The van der Waals surface area contributed by atoms with Gasteiger partial charge in [0.1, 0.15) is 6.04 Å². The molecule has 2 atom stereocenters. The molecular weight excluding hydrogens is 194 g/mol. The molecule has 0 heterocycles. The Morgan fingerprint density at radius 2 is 2.07 bits per heavy atom. The first-order chi connectivity index (χ1) is 7.16. The van der Waals surface area contributed by atoms with Crippen molar-refractivity contribution in [1.82, 2.24) is 0 Å². The SMILES string of the molecule is C[C@H](c1ccccc1)[C@@H](N=[N+]=[N-])C(=O)O. The summed E-state index contributed by atoms with van der Waals surface area (Å²) in [6.07, 6.45) is 0. The van der Waals surface area contributed by atoms with E-state index in [0.29, 0.717) is 0 Å². The van der Waals surface area contributed by atoms with Gasteiger partial charge < -0.3 is 5.11 Å². The Kier molecular flexibility index (Phi) is 3.71. The summed E-state index contributed by atoms with van der Waals surface area (Å²) in [5.41, 5.74) is 9.12. The van der Waals surface area contributed by atoms with Crippen molar-refractivity contribution in [1.29, 1.82) is 0 Å². The average Bonchev–Trinajstić information content (AvgIpc) is 2.26. The molecule has 5 nitrogen and oxygen atoms in total. The van der Waals surface area contributed by atoms with Gasteiger partial charge in [-0.05, 0) is 11.1 Å². The third kappa shape index (κ3) is 2.72. The van der Waals surface area contributed by atoms with E-state index in [1.165, 1.54) is 0 Å². The van der Waals surface area contributed by atoms with Crippen molar-refractivity contribution in [3.05, 3.63) is 46.3 Å². The second-order valence-corrected chi connectivity index (χ2v) is 3.19. The number of hydrogen-bond donors (Lipinski definition) is 1. The lowest BCUT2D eigenvalue weighted by Gasteiger charge is -2.15. The van der Waals surface area contributed by atoms with Crippen LogP contribution in [0.4, 0.5) is 0 Å². The molecule has 1 rings (SSSR count). The monoisotopic (exact) mass is 205 g/mol. The summed E-state index contributed by atoms with van der Waals surface area (Å²) >= 11 is 0. The number of carboxylic acid groups (broad SMARTS) is 1. The molecule has 15 heavy (non-hydrogen) atoms. The predicted octanol–water partition coefficient (Wildman–Crippen LogP) is 2.55. The van der Waals surface area contributed by atoms with Gasteiger partial charge in [0.15, 0.2) is 0 Å². The smallest absolute Gasteiger partial charge is 0.313 e. The van der Waals surface area contributed by atoms with E-state index in [1.807, 2.05) is 30.3 Å². The van der Waals surface area contributed by atoms with E-state index in [4.69, 9.17) is 10.6 Å². The Bertz CT molecular complexity index is 383. The lowest BCUT2D eigenvalue weighted by Crippen LogP contribution is -2.23. The largest absolute Gasteiger partial charge is 0.481 e. The number of nitrogens with zero attached hydrogens (tertiary/aromatic N) is 3. The van der Waals surface area contributed by atoms with Crippen LogP contribution in [0.1, 0.15) is 18.4 Å². The van der Waals surface area contributed by atoms with Crippen molar-refractivity contribution in [3.63, 3.8) is 0 Å². The molecule has 0 bridgehead atoms. The molecule has 0 aliphatic carbocycles. The van der Waals surface area contributed by atoms with Gasteiger partial charge >= 0.3 is 5.97 Å². The van der Waals surface area contributed by atoms with E-state index in [0.717, 1.165) is 5.56 Å². The summed E-state index contributed by atoms with van der Waals surface area (Å²) in [6, 6.07) is 8.06. The lowest BCUT2D eigenvalue weighted by atomic mass is 9.94. The van der Waals surface area contributed by atoms with Crippen LogP contribution in [-0.2, 0) is 4.79 Å². The van der Waals surface area contributed by atoms with Crippen LogP contribution < -0.4 is 0 Å². The molecule has 1 N–H and O–H groups in total. The van der Waals surface area contributed by atoms with E-state index in [2.05, 4.69) is 10.0 Å². The van der Waals surface area contributed by atoms with Gasteiger partial charge in [0.05, 0.1) is 0 Å². The summed E-state index contributed by atoms with van der Waals surface area (Å²) in [7, 11) is 0. The second-order valence-electron chi connectivity index (χ2n) is 3.19. The van der Waals surface area contributed by atoms with Crippen LogP contribution in [0.25, 0.3) is 10.4 Å². The maximum Gasteiger partial charge on any atom is 0.313 e. The maximum absolute atomic E-state index is 10.8. The van der Waals surface area contributed by atoms with Gasteiger partial charge in [-0.25, -0.2) is 0 Å². The Morgan fingerprint density at radius 3 is 2.53 bits per heavy atom. The van der Waals surface area contributed by atoms with E-state index in [-0.39, 0.29) is 5.92 Å². The highest BCUT2D eigenvalue weighted by Crippen LogP contribution is 2.21. The van der Waals surface area contributed by atoms with E-state index >= 15 is 0 Å². The van der Waals surface area contributed by atoms with Crippen LogP contribution in [0.2, 0.25) is 0 Å². The number of azide groups is 1. The van der Waals surface area contributed by atoms with Gasteiger partial charge in [0.2, 0.25) is 0 Å². The minimum absolute atomic E-state index is 0.334. The first-order valence-corrected chi connectivity index (χ1v) is 4.48. The van der Waals surface area contributed by atoms with Crippen LogP contribution in [0, 0.1) is 0 Å². The molecule has 5 heteroatoms. The van der Waals surface area contributed by atoms with Crippen LogP contribution in [0.5, 0.6) is 0 Å². The summed E-state index contributed by atoms with van der Waals surface area (Å²) in [5, 5.41) is 12.2. The molecule has 0 fully saturated rings. The number of carbonyl (C=O) groups is 1.